The molecule has 0 saturated carbocycles. The van der Waals surface area contributed by atoms with Gasteiger partial charge in [0.25, 0.3) is 5.56 Å². The number of H-pyrrole nitrogens is 1. The number of aliphatic carboxylic acids is 3. The van der Waals surface area contributed by atoms with Gasteiger partial charge in [-0.15, -0.1) is 0 Å². The third kappa shape index (κ3) is 8.54. The lowest BCUT2D eigenvalue weighted by Gasteiger charge is -2.24. The third-order valence-electron chi connectivity index (χ3n) is 5.03. The molecule has 1 aromatic heterocycles. The quantitative estimate of drug-likeness (QED) is 0.127. The first kappa shape index (κ1) is 28.6. The van der Waals surface area contributed by atoms with Crippen LogP contribution in [-0.2, 0) is 28.7 Å². The van der Waals surface area contributed by atoms with E-state index in [1.165, 1.54) is 0 Å². The van der Waals surface area contributed by atoms with Crippen LogP contribution >= 0.6 is 0 Å². The second kappa shape index (κ2) is 12.9. The lowest BCUT2D eigenvalue weighted by Crippen LogP contribution is -2.44. The lowest BCUT2D eigenvalue weighted by atomic mass is 10.1. The van der Waals surface area contributed by atoms with Gasteiger partial charge in [-0.2, -0.15) is 0 Å². The first-order chi connectivity index (χ1) is 16.9. The van der Waals surface area contributed by atoms with E-state index in [-0.39, 0.29) is 13.1 Å². The fraction of sp³-hybridized carbons (Fsp3) is 0.579. The Morgan fingerprint density at radius 2 is 1.44 bits per heavy atom. The number of esters is 1. The molecular weight excluding hydrogens is 492 g/mol. The molecule has 0 amide bonds. The van der Waals surface area contributed by atoms with Gasteiger partial charge in [0.1, 0.15) is 24.9 Å². The highest BCUT2D eigenvalue weighted by atomic mass is 16.6. The van der Waals surface area contributed by atoms with Gasteiger partial charge in [0.2, 0.25) is 0 Å². The predicted molar refractivity (Wildman–Crippen MR) is 114 cm³/mol. The number of nitrogens with one attached hydrogen (secondary N) is 1. The van der Waals surface area contributed by atoms with E-state index in [2.05, 4.69) is 0 Å². The Kier molecular flexibility index (Phi) is 10.2. The van der Waals surface area contributed by atoms with Gasteiger partial charge >= 0.3 is 29.6 Å². The first-order valence-electron chi connectivity index (χ1n) is 10.5. The molecule has 0 aliphatic carbocycles. The molecule has 0 aromatic carbocycles. The van der Waals surface area contributed by atoms with Gasteiger partial charge in [-0.25, -0.2) is 4.79 Å². The maximum Gasteiger partial charge on any atom is 0.330 e. The summed E-state index contributed by atoms with van der Waals surface area (Å²) in [5, 5.41) is 47.2. The van der Waals surface area contributed by atoms with E-state index in [4.69, 9.17) is 24.8 Å². The van der Waals surface area contributed by atoms with E-state index in [0.717, 1.165) is 26.6 Å². The highest BCUT2D eigenvalue weighted by Crippen LogP contribution is 2.28. The van der Waals surface area contributed by atoms with Gasteiger partial charge in [-0.05, 0) is 0 Å². The zero-order chi connectivity index (χ0) is 27.0. The topological polar surface area (TPSA) is 249 Å². The number of hydrogen-bond acceptors (Lipinski definition) is 12. The summed E-state index contributed by atoms with van der Waals surface area (Å²) in [6.45, 7) is -3.37. The van der Waals surface area contributed by atoms with Crippen LogP contribution in [0.1, 0.15) is 6.23 Å². The van der Waals surface area contributed by atoms with Crippen molar-refractivity contribution in [2.24, 2.45) is 0 Å². The Labute approximate surface area is 201 Å². The SMILES string of the molecule is O=C(O)CN(CCN(CC(=O)O)CC(=O)OC[C@H]1O[C@@H](n2ccc(=O)[nH]c2=O)[C@H](O)[C@@H]1O)CC(=O)O. The molecule has 0 radical (unpaired) electrons. The van der Waals surface area contributed by atoms with E-state index in [0.29, 0.717) is 0 Å². The number of carboxylic acids is 3. The molecule has 17 heteroatoms. The average molecular weight is 518 g/mol. The smallest absolute Gasteiger partial charge is 0.330 e. The number of rotatable bonds is 14. The molecule has 17 nitrogen and oxygen atoms in total. The van der Waals surface area contributed by atoms with Crippen LogP contribution in [0.5, 0.6) is 0 Å². The van der Waals surface area contributed by atoms with Crippen LogP contribution < -0.4 is 11.2 Å². The number of ether oxygens (including phenoxy) is 2. The standard InChI is InChI=1S/C19H26N4O13/c24-11-1-2-23(19(34)20-11)18-17(33)16(32)10(36-18)9-35-15(31)8-22(7-14(29)30)4-3-21(5-12(25)26)6-13(27)28/h1-2,10,16-18,32-33H,3-9H2,(H,25,26)(H,27,28)(H,29,30)(H,20,24,34)/t10-,16-,17-,18-/m1/s1. The Hall–Kier alpha value is -3.64. The molecule has 1 aromatic rings. The highest BCUT2D eigenvalue weighted by Gasteiger charge is 2.44. The number of aliphatic hydroxyl groups excluding tert-OH is 2. The van der Waals surface area contributed by atoms with Crippen molar-refractivity contribution in [1.29, 1.82) is 0 Å². The molecule has 4 atom stereocenters. The molecule has 0 spiro atoms. The van der Waals surface area contributed by atoms with Gasteiger partial charge in [0.05, 0.1) is 26.2 Å². The number of aromatic amines is 1. The Morgan fingerprint density at radius 1 is 0.917 bits per heavy atom. The number of carboxylic acid groups (broad SMARTS) is 3. The van der Waals surface area contributed by atoms with E-state index in [1.54, 1.807) is 0 Å². The van der Waals surface area contributed by atoms with Gasteiger partial charge < -0.3 is 35.0 Å². The molecule has 1 fully saturated rings. The van der Waals surface area contributed by atoms with Crippen LogP contribution in [0.3, 0.4) is 0 Å². The summed E-state index contributed by atoms with van der Waals surface area (Å²) < 4.78 is 11.3. The van der Waals surface area contributed by atoms with Crippen molar-refractivity contribution in [2.45, 2.75) is 24.5 Å². The number of carbonyl (C=O) groups is 4. The maximum absolute atomic E-state index is 12.3. The van der Waals surface area contributed by atoms with Crippen LogP contribution in [0.2, 0.25) is 0 Å². The molecule has 1 saturated heterocycles. The number of nitrogens with zero attached hydrogens (tertiary/aromatic N) is 3. The van der Waals surface area contributed by atoms with Crippen molar-refractivity contribution < 1.29 is 54.2 Å². The number of aromatic nitrogens is 2. The molecular formula is C19H26N4O13. The maximum atomic E-state index is 12.3. The zero-order valence-electron chi connectivity index (χ0n) is 18.8. The minimum atomic E-state index is -1.60. The van der Waals surface area contributed by atoms with Crippen LogP contribution in [0, 0.1) is 0 Å². The van der Waals surface area contributed by atoms with Crippen LogP contribution in [0.15, 0.2) is 21.9 Å². The molecule has 1 aliphatic heterocycles. The minimum absolute atomic E-state index is 0.175. The molecule has 1 aliphatic rings. The molecule has 36 heavy (non-hydrogen) atoms. The van der Waals surface area contributed by atoms with Crippen molar-refractivity contribution in [3.63, 3.8) is 0 Å². The normalized spacial score (nSPS) is 21.6. The monoisotopic (exact) mass is 518 g/mol. The van der Waals surface area contributed by atoms with E-state index < -0.39 is 92.5 Å². The Balaban J connectivity index is 1.95. The minimum Gasteiger partial charge on any atom is -0.480 e. The molecule has 2 heterocycles. The number of aliphatic hydroxyl groups is 2. The summed E-state index contributed by atoms with van der Waals surface area (Å²) >= 11 is 0. The average Bonchev–Trinajstić information content (AvgIpc) is 3.03. The van der Waals surface area contributed by atoms with Gasteiger partial charge in [-0.1, -0.05) is 0 Å². The first-order valence-corrected chi connectivity index (χ1v) is 10.5. The van der Waals surface area contributed by atoms with Gasteiger partial charge in [0, 0.05) is 25.4 Å². The Bertz CT molecular complexity index is 1050. The second-order valence-electron chi connectivity index (χ2n) is 7.85. The molecule has 0 bridgehead atoms. The van der Waals surface area contributed by atoms with Gasteiger partial charge in [-0.3, -0.25) is 43.3 Å². The summed E-state index contributed by atoms with van der Waals surface area (Å²) in [6.07, 6.45) is -4.77. The van der Waals surface area contributed by atoms with E-state index in [9.17, 15) is 39.0 Å². The van der Waals surface area contributed by atoms with Crippen LogP contribution in [0.4, 0.5) is 0 Å². The van der Waals surface area contributed by atoms with Crippen molar-refractivity contribution in [1.82, 2.24) is 19.4 Å². The van der Waals surface area contributed by atoms with Crippen LogP contribution in [-0.4, -0.2) is 133 Å². The summed E-state index contributed by atoms with van der Waals surface area (Å²) in [6, 6.07) is 1.00. The fourth-order valence-corrected chi connectivity index (χ4v) is 3.41. The molecule has 200 valence electrons. The van der Waals surface area contributed by atoms with Crippen LogP contribution in [0.25, 0.3) is 0 Å². The molecule has 2 rings (SSSR count). The lowest BCUT2D eigenvalue weighted by molar-refractivity contribution is -0.153. The third-order valence-corrected chi connectivity index (χ3v) is 5.03. The summed E-state index contributed by atoms with van der Waals surface area (Å²) in [7, 11) is 0. The van der Waals surface area contributed by atoms with Crippen molar-refractivity contribution in [2.75, 3.05) is 45.9 Å². The van der Waals surface area contributed by atoms with E-state index >= 15 is 0 Å². The van der Waals surface area contributed by atoms with E-state index in [1.807, 2.05) is 4.98 Å². The Morgan fingerprint density at radius 3 is 1.94 bits per heavy atom. The predicted octanol–water partition coefficient (Wildman–Crippen LogP) is -4.44. The van der Waals surface area contributed by atoms with Gasteiger partial charge in [0.15, 0.2) is 6.23 Å². The number of hydrogen-bond donors (Lipinski definition) is 6. The highest BCUT2D eigenvalue weighted by molar-refractivity contribution is 5.74. The molecule has 0 unspecified atom stereocenters. The summed E-state index contributed by atoms with van der Waals surface area (Å²) in [5.41, 5.74) is -1.59. The van der Waals surface area contributed by atoms with Crippen molar-refractivity contribution in [3.8, 4) is 0 Å². The largest absolute Gasteiger partial charge is 0.480 e. The zero-order valence-corrected chi connectivity index (χ0v) is 18.8. The van der Waals surface area contributed by atoms with Crippen molar-refractivity contribution >= 4 is 23.9 Å². The van der Waals surface area contributed by atoms with Crippen molar-refractivity contribution in [3.05, 3.63) is 33.1 Å². The summed E-state index contributed by atoms with van der Waals surface area (Å²) in [4.78, 5) is 72.4. The summed E-state index contributed by atoms with van der Waals surface area (Å²) in [5.74, 6) is -4.84. The number of carbonyl (C=O) groups excluding carboxylic acids is 1. The second-order valence-corrected chi connectivity index (χ2v) is 7.85. The fourth-order valence-electron chi connectivity index (χ4n) is 3.41. The molecule has 6 N–H and O–H groups in total.